The summed E-state index contributed by atoms with van der Waals surface area (Å²) in [5, 5.41) is 44.7. The average Bonchev–Trinajstić information content (AvgIpc) is 3.56. The molecule has 0 radical (unpaired) electrons. The average molecular weight is 538 g/mol. The van der Waals surface area contributed by atoms with E-state index >= 15 is 0 Å². The maximum Gasteiger partial charge on any atom is 0.338 e. The van der Waals surface area contributed by atoms with E-state index in [0.29, 0.717) is 5.57 Å². The van der Waals surface area contributed by atoms with Crippen molar-refractivity contribution in [2.75, 3.05) is 6.61 Å². The first-order valence-electron chi connectivity index (χ1n) is 13.6. The third-order valence-corrected chi connectivity index (χ3v) is 11.4. The van der Waals surface area contributed by atoms with Gasteiger partial charge in [-0.25, -0.2) is 4.79 Å². The highest BCUT2D eigenvalue weighted by Gasteiger charge is 2.99. The number of fused-ring (bicyclic) bond motifs is 2. The van der Waals surface area contributed by atoms with Gasteiger partial charge < -0.3 is 34.7 Å². The fourth-order valence-corrected chi connectivity index (χ4v) is 9.45. The molecule has 9 nitrogen and oxygen atoms in total. The third-order valence-electron chi connectivity index (χ3n) is 11.4. The summed E-state index contributed by atoms with van der Waals surface area (Å²) in [7, 11) is 0. The number of ketones is 1. The van der Waals surface area contributed by atoms with Crippen LogP contribution in [0.3, 0.4) is 0 Å². The molecule has 2 bridgehead atoms. The molecular formula is C29H35BO9. The maximum absolute atomic E-state index is 14.5. The van der Waals surface area contributed by atoms with E-state index in [4.69, 9.17) is 9.47 Å². The van der Waals surface area contributed by atoms with Crippen LogP contribution in [0, 0.1) is 10.8 Å². The number of carbonyl (C=O) groups excluding carboxylic acids is 3. The van der Waals surface area contributed by atoms with E-state index in [0.717, 1.165) is 0 Å². The molecule has 10 heteroatoms. The normalized spacial score (nSPS) is 45.6. The lowest BCUT2D eigenvalue weighted by atomic mass is 9.40. The van der Waals surface area contributed by atoms with Crippen molar-refractivity contribution in [1.82, 2.24) is 0 Å². The molecule has 2 heterocycles. The fraction of sp³-hybridized carbons (Fsp3) is 0.621. The highest BCUT2D eigenvalue weighted by molar-refractivity contribution is 7.04. The quantitative estimate of drug-likeness (QED) is 0.254. The molecule has 4 fully saturated rings. The zero-order chi connectivity index (χ0) is 28.5. The first-order chi connectivity index (χ1) is 18.2. The van der Waals surface area contributed by atoms with Crippen LogP contribution in [-0.2, 0) is 19.1 Å². The van der Waals surface area contributed by atoms with Gasteiger partial charge in [-0.05, 0) is 44.1 Å². The van der Waals surface area contributed by atoms with Crippen molar-refractivity contribution in [2.45, 2.75) is 94.2 Å². The highest BCUT2D eigenvalue weighted by atomic mass is 16.6. The molecule has 4 N–H and O–H groups in total. The van der Waals surface area contributed by atoms with E-state index in [2.05, 4.69) is 0 Å². The minimum absolute atomic E-state index is 0.0579. The van der Waals surface area contributed by atoms with Crippen LogP contribution in [0.5, 0.6) is 0 Å². The molecular weight excluding hydrogens is 503 g/mol. The number of hydrogen-bond acceptors (Lipinski definition) is 9. The summed E-state index contributed by atoms with van der Waals surface area (Å²) < 4.78 is 12.1. The van der Waals surface area contributed by atoms with Crippen molar-refractivity contribution < 1.29 is 44.3 Å². The molecule has 2 saturated heterocycles. The Morgan fingerprint density at radius 2 is 1.74 bits per heavy atom. The van der Waals surface area contributed by atoms with Crippen molar-refractivity contribution in [3.05, 3.63) is 47.0 Å². The molecule has 1 aromatic carbocycles. The zero-order valence-corrected chi connectivity index (χ0v) is 22.8. The molecule has 3 aliphatic carbocycles. The second kappa shape index (κ2) is 7.88. The number of Topliss-reactive ketones (excluding diaryl/α,β-unsaturated/α-hetero) is 1. The SMILES string of the molecule is CC(=O)B1[C@]23[C@H](OC(=O)c4ccccc4)[C@]4(O)C[C@H](O)C(C)=C([C@@H](O)C(=O)[C@]2(C)[C@@H](O)C[C@H]2OC[C@]123)C4(C)C. The highest BCUT2D eigenvalue weighted by Crippen LogP contribution is 2.93. The minimum Gasteiger partial charge on any atom is -0.456 e. The van der Waals surface area contributed by atoms with Gasteiger partial charge in [0.05, 0.1) is 35.0 Å². The predicted octanol–water partition coefficient (Wildman–Crippen LogP) is 1.28. The molecule has 0 amide bonds. The topological polar surface area (TPSA) is 151 Å². The summed E-state index contributed by atoms with van der Waals surface area (Å²) in [5.41, 5.74) is -4.75. The van der Waals surface area contributed by atoms with Gasteiger partial charge in [-0.1, -0.05) is 32.0 Å². The van der Waals surface area contributed by atoms with E-state index in [-0.39, 0.29) is 36.3 Å². The van der Waals surface area contributed by atoms with Crippen LogP contribution >= 0.6 is 0 Å². The molecule has 2 spiro atoms. The molecule has 0 aromatic heterocycles. The standard InChI is InChI=1S/C29H35BO9/c1-14-17(32)12-28(37)24(39-23(36)16-9-7-6-8-10-16)29-26(5,22(35)21(34)20(14)25(28,3)4)18(33)11-19-27(29,13-38-19)30(29)15(2)31/h6-10,17-19,21,24,32-34,37H,11-13H2,1-5H3/t17-,18-,19+,21+,24+,26-,27-,28+,29+/m0/s1. The van der Waals surface area contributed by atoms with Gasteiger partial charge in [-0.2, -0.15) is 0 Å². The Kier molecular flexibility index (Phi) is 5.43. The molecule has 208 valence electrons. The van der Waals surface area contributed by atoms with E-state index < -0.39 is 76.0 Å². The van der Waals surface area contributed by atoms with Crippen LogP contribution in [0.1, 0.15) is 57.8 Å². The fourth-order valence-electron chi connectivity index (χ4n) is 9.45. The Bertz CT molecular complexity index is 1330. The molecule has 39 heavy (non-hydrogen) atoms. The summed E-state index contributed by atoms with van der Waals surface area (Å²) in [6.45, 7) is 7.02. The van der Waals surface area contributed by atoms with Gasteiger partial charge in [0.15, 0.2) is 5.78 Å². The van der Waals surface area contributed by atoms with E-state index in [9.17, 15) is 34.8 Å². The van der Waals surface area contributed by atoms with Crippen molar-refractivity contribution in [1.29, 1.82) is 0 Å². The maximum atomic E-state index is 14.5. The Labute approximate surface area is 227 Å². The summed E-state index contributed by atoms with van der Waals surface area (Å²) in [6.07, 6.45) is -6.66. The van der Waals surface area contributed by atoms with Gasteiger partial charge in [0.2, 0.25) is 6.71 Å². The Morgan fingerprint density at radius 3 is 2.31 bits per heavy atom. The number of carbonyl (C=O) groups is 3. The van der Waals surface area contributed by atoms with Gasteiger partial charge >= 0.3 is 5.97 Å². The van der Waals surface area contributed by atoms with E-state index in [1.165, 1.54) is 13.8 Å². The van der Waals surface area contributed by atoms with Crippen LogP contribution < -0.4 is 0 Å². The number of aliphatic hydroxyl groups is 4. The van der Waals surface area contributed by atoms with Crippen molar-refractivity contribution in [3.63, 3.8) is 0 Å². The number of esters is 1. The predicted molar refractivity (Wildman–Crippen MR) is 139 cm³/mol. The molecule has 0 unspecified atom stereocenters. The van der Waals surface area contributed by atoms with Gasteiger partial charge in [-0.15, -0.1) is 0 Å². The summed E-state index contributed by atoms with van der Waals surface area (Å²) in [4.78, 5) is 41.6. The Morgan fingerprint density at radius 1 is 1.10 bits per heavy atom. The number of hydrogen-bond donors (Lipinski definition) is 4. The summed E-state index contributed by atoms with van der Waals surface area (Å²) >= 11 is 0. The lowest BCUT2D eigenvalue weighted by Gasteiger charge is -2.64. The molecule has 9 atom stereocenters. The van der Waals surface area contributed by atoms with Gasteiger partial charge in [0, 0.05) is 35.5 Å². The second-order valence-corrected chi connectivity index (χ2v) is 13.0. The largest absolute Gasteiger partial charge is 0.456 e. The van der Waals surface area contributed by atoms with Gasteiger partial charge in [0.1, 0.15) is 17.8 Å². The minimum atomic E-state index is -2.02. The molecule has 2 aliphatic heterocycles. The van der Waals surface area contributed by atoms with Crippen LogP contribution in [0.15, 0.2) is 41.5 Å². The number of rotatable bonds is 3. The lowest BCUT2D eigenvalue weighted by molar-refractivity contribution is -0.240. The molecule has 5 aliphatic rings. The first kappa shape index (κ1) is 26.8. The number of aliphatic hydroxyl groups excluding tert-OH is 3. The number of benzene rings is 1. The van der Waals surface area contributed by atoms with E-state index in [1.807, 2.05) is 0 Å². The molecule has 6 rings (SSSR count). The first-order valence-corrected chi connectivity index (χ1v) is 13.6. The smallest absolute Gasteiger partial charge is 0.338 e. The molecule has 1 aromatic rings. The zero-order valence-electron chi connectivity index (χ0n) is 22.8. The van der Waals surface area contributed by atoms with E-state index in [1.54, 1.807) is 51.1 Å². The Balaban J connectivity index is 1.69. The van der Waals surface area contributed by atoms with Gasteiger partial charge in [-0.3, -0.25) is 4.79 Å². The van der Waals surface area contributed by atoms with Crippen molar-refractivity contribution >= 4 is 24.1 Å². The Hall–Kier alpha value is -2.37. The van der Waals surface area contributed by atoms with Gasteiger partial charge in [0.25, 0.3) is 0 Å². The summed E-state index contributed by atoms with van der Waals surface area (Å²) in [6, 6.07) is 8.20. The number of ether oxygens (including phenoxy) is 2. The third kappa shape index (κ3) is 2.72. The van der Waals surface area contributed by atoms with Crippen LogP contribution in [0.4, 0.5) is 0 Å². The molecule has 2 saturated carbocycles. The monoisotopic (exact) mass is 538 g/mol. The lowest BCUT2D eigenvalue weighted by Crippen LogP contribution is -2.72. The van der Waals surface area contributed by atoms with Crippen LogP contribution in [0.2, 0.25) is 10.6 Å². The summed E-state index contributed by atoms with van der Waals surface area (Å²) in [5.74, 6) is -1.48. The van der Waals surface area contributed by atoms with Crippen LogP contribution in [-0.4, -0.2) is 87.3 Å². The van der Waals surface area contributed by atoms with Crippen molar-refractivity contribution in [2.24, 2.45) is 10.8 Å². The van der Waals surface area contributed by atoms with Crippen molar-refractivity contribution in [3.8, 4) is 0 Å². The second-order valence-electron chi connectivity index (χ2n) is 13.0. The van der Waals surface area contributed by atoms with Crippen LogP contribution in [0.25, 0.3) is 0 Å².